The van der Waals surface area contributed by atoms with Gasteiger partial charge in [0.25, 0.3) is 0 Å². The maximum Gasteiger partial charge on any atom is 0.324 e. The third kappa shape index (κ3) is 9.86. The maximum absolute atomic E-state index is 11.2. The number of benzene rings is 3. The molecular weight excluding hydrogens is 618 g/mol. The molecule has 0 fully saturated rings. The van der Waals surface area contributed by atoms with Crippen LogP contribution in [-0.4, -0.2) is 53.7 Å². The van der Waals surface area contributed by atoms with Crippen LogP contribution < -0.4 is 16.7 Å². The molecule has 6 rings (SSSR count). The van der Waals surface area contributed by atoms with Crippen LogP contribution in [0.1, 0.15) is 50.5 Å². The van der Waals surface area contributed by atoms with Crippen LogP contribution >= 0.6 is 0 Å². The van der Waals surface area contributed by atoms with Gasteiger partial charge < -0.3 is 15.0 Å². The molecule has 2 atom stereocenters. The lowest BCUT2D eigenvalue weighted by Gasteiger charge is -2.08. The Labute approximate surface area is 275 Å². The van der Waals surface area contributed by atoms with Crippen LogP contribution in [0.3, 0.4) is 0 Å². The minimum Gasteiger partial charge on any atom is -0.424 e. The van der Waals surface area contributed by atoms with Crippen LogP contribution in [0.4, 0.5) is 0 Å². The predicted octanol–water partition coefficient (Wildman–Crippen LogP) is 4.90. The first kappa shape index (κ1) is 37.2. The number of rotatable bonds is 6. The Kier molecular flexibility index (Phi) is 14.2. The molecule has 4 aromatic rings. The zero-order valence-corrected chi connectivity index (χ0v) is 28.9. The first-order valence-electron chi connectivity index (χ1n) is 15.6. The molecule has 46 heavy (non-hydrogen) atoms. The smallest absolute Gasteiger partial charge is 0.324 e. The molecule has 0 saturated heterocycles. The summed E-state index contributed by atoms with van der Waals surface area (Å²) in [4.78, 5) is 4.14. The Balaban J connectivity index is 0.000000167. The summed E-state index contributed by atoms with van der Waals surface area (Å²) in [5, 5.41) is 0.155. The Morgan fingerprint density at radius 1 is 0.652 bits per heavy atom. The van der Waals surface area contributed by atoms with Gasteiger partial charge in [0.1, 0.15) is 0 Å². The maximum atomic E-state index is 11.2. The summed E-state index contributed by atoms with van der Waals surface area (Å²) in [6.45, 7) is 10.6. The summed E-state index contributed by atoms with van der Waals surface area (Å²) in [5.74, 6) is 0.265. The Hall–Kier alpha value is -3.28. The molecule has 2 N–H and O–H groups in total. The van der Waals surface area contributed by atoms with Gasteiger partial charge in [-0.3, -0.25) is 0 Å². The van der Waals surface area contributed by atoms with E-state index in [1.165, 1.54) is 34.3 Å². The van der Waals surface area contributed by atoms with Crippen molar-refractivity contribution in [1.29, 1.82) is 0 Å². The van der Waals surface area contributed by atoms with E-state index < -0.39 is 19.7 Å². The molecule has 1 aromatic heterocycles. The van der Waals surface area contributed by atoms with E-state index in [4.69, 9.17) is 15.0 Å². The third-order valence-corrected chi connectivity index (χ3v) is 11.1. The number of aromatic nitrogens is 1. The van der Waals surface area contributed by atoms with Gasteiger partial charge >= 0.3 is 13.8 Å². The topological polar surface area (TPSA) is 126 Å². The summed E-state index contributed by atoms with van der Waals surface area (Å²) in [6.07, 6.45) is 2.98. The molecule has 3 aromatic carbocycles. The Bertz CT molecular complexity index is 1600. The largest absolute Gasteiger partial charge is 0.424 e. The highest BCUT2D eigenvalue weighted by molar-refractivity contribution is 7.91. The van der Waals surface area contributed by atoms with E-state index >= 15 is 0 Å². The lowest BCUT2D eigenvalue weighted by molar-refractivity contribution is 0.221. The molecule has 0 radical (unpaired) electrons. The SMILES string of the molecule is CB1OC(CN)c2ccccc21.CCC1OB(C)c2ccccc21.CCS(=O)(=O)c1ccccc1.CCS(=O)(=O)c1ccccn1. The van der Waals surface area contributed by atoms with Crippen molar-refractivity contribution in [1.82, 2.24) is 4.98 Å². The van der Waals surface area contributed by atoms with Crippen LogP contribution in [0.2, 0.25) is 13.6 Å². The number of nitrogens with two attached hydrogens (primary N) is 1. The van der Waals surface area contributed by atoms with Crippen molar-refractivity contribution < 1.29 is 26.1 Å². The summed E-state index contributed by atoms with van der Waals surface area (Å²) in [6, 6.07) is 30.1. The fourth-order valence-electron chi connectivity index (χ4n) is 5.11. The van der Waals surface area contributed by atoms with Crippen molar-refractivity contribution >= 4 is 44.4 Å². The molecule has 8 nitrogen and oxygen atoms in total. The lowest BCUT2D eigenvalue weighted by Crippen LogP contribution is -2.23. The van der Waals surface area contributed by atoms with E-state index in [1.54, 1.807) is 56.3 Å². The molecular formula is C34H44B2N2O6S2. The van der Waals surface area contributed by atoms with Gasteiger partial charge in [0.15, 0.2) is 24.7 Å². The second kappa shape index (κ2) is 17.6. The van der Waals surface area contributed by atoms with Gasteiger partial charge in [0.2, 0.25) is 0 Å². The number of hydrogen-bond donors (Lipinski definition) is 1. The summed E-state index contributed by atoms with van der Waals surface area (Å²) < 4.78 is 56.1. The van der Waals surface area contributed by atoms with E-state index in [0.29, 0.717) is 17.5 Å². The van der Waals surface area contributed by atoms with E-state index in [9.17, 15) is 16.8 Å². The molecule has 0 spiro atoms. The predicted molar refractivity (Wildman–Crippen MR) is 189 cm³/mol. The lowest BCUT2D eigenvalue weighted by atomic mass is 9.64. The number of nitrogens with zero attached hydrogens (tertiary/aromatic N) is 1. The third-order valence-electron chi connectivity index (χ3n) is 7.70. The Morgan fingerprint density at radius 3 is 1.61 bits per heavy atom. The van der Waals surface area contributed by atoms with Crippen LogP contribution in [0.25, 0.3) is 0 Å². The van der Waals surface area contributed by atoms with E-state index in [0.717, 1.165) is 6.42 Å². The van der Waals surface area contributed by atoms with Crippen LogP contribution in [0, 0.1) is 0 Å². The quantitative estimate of drug-likeness (QED) is 0.289. The van der Waals surface area contributed by atoms with Gasteiger partial charge in [-0.2, -0.15) is 0 Å². The highest BCUT2D eigenvalue weighted by Gasteiger charge is 2.30. The zero-order chi connectivity index (χ0) is 33.7. The first-order chi connectivity index (χ1) is 22.0. The number of hydrogen-bond acceptors (Lipinski definition) is 8. The molecule has 12 heteroatoms. The van der Waals surface area contributed by atoms with Gasteiger partial charge in [0.05, 0.1) is 28.6 Å². The van der Waals surface area contributed by atoms with Crippen molar-refractivity contribution in [3.63, 3.8) is 0 Å². The molecule has 2 aliphatic heterocycles. The summed E-state index contributed by atoms with van der Waals surface area (Å²) >= 11 is 0. The van der Waals surface area contributed by atoms with Crippen molar-refractivity contribution in [3.05, 3.63) is 114 Å². The van der Waals surface area contributed by atoms with Crippen molar-refractivity contribution in [2.24, 2.45) is 5.73 Å². The van der Waals surface area contributed by atoms with Crippen molar-refractivity contribution in [2.75, 3.05) is 18.1 Å². The monoisotopic (exact) mass is 662 g/mol. The normalized spacial score (nSPS) is 16.5. The molecule has 0 amide bonds. The van der Waals surface area contributed by atoms with Crippen LogP contribution in [0.5, 0.6) is 0 Å². The first-order valence-corrected chi connectivity index (χ1v) is 18.9. The zero-order valence-electron chi connectivity index (χ0n) is 27.2. The Morgan fingerprint density at radius 2 is 1.13 bits per heavy atom. The highest BCUT2D eigenvalue weighted by Crippen LogP contribution is 2.26. The average Bonchev–Trinajstić information content (AvgIpc) is 3.62. The van der Waals surface area contributed by atoms with Crippen LogP contribution in [-0.2, 0) is 29.0 Å². The van der Waals surface area contributed by atoms with Crippen LogP contribution in [0.15, 0.2) is 113 Å². The molecule has 0 saturated carbocycles. The van der Waals surface area contributed by atoms with Crippen molar-refractivity contribution in [2.45, 2.75) is 63.0 Å². The van der Waals surface area contributed by atoms with Gasteiger partial charge in [-0.1, -0.05) is 107 Å². The number of fused-ring (bicyclic) bond motifs is 2. The second-order valence-electron chi connectivity index (χ2n) is 10.7. The number of sulfone groups is 2. The van der Waals surface area contributed by atoms with E-state index in [2.05, 4.69) is 62.0 Å². The summed E-state index contributed by atoms with van der Waals surface area (Å²) in [7, 11) is -6.11. The summed E-state index contributed by atoms with van der Waals surface area (Å²) in [5.41, 5.74) is 10.9. The standard InChI is InChI=1S/C10H13BO.C9H12BNO.C8H10O2S.C7H9NO2S/c1-3-10-8-6-4-5-7-9(8)11(2)12-10;1-10-8-5-3-2-4-7(8)9(6-11)12-10;1-2-11(9,10)8-6-4-3-5-7-8;1-2-11(9,10)7-5-3-4-6-8-7/h4-7,10H,3H2,1-2H3;2-5,9H,6,11H2,1H3;3-7H,2H2,1H3;3-6H,2H2,1H3. The van der Waals surface area contributed by atoms with Gasteiger partial charge in [0, 0.05) is 12.7 Å². The molecule has 2 unspecified atom stereocenters. The van der Waals surface area contributed by atoms with Gasteiger partial charge in [-0.05, 0) is 52.7 Å². The molecule has 0 aliphatic carbocycles. The van der Waals surface area contributed by atoms with Gasteiger partial charge in [-0.25, -0.2) is 21.8 Å². The molecule has 2 aliphatic rings. The minimum atomic E-state index is -3.11. The van der Waals surface area contributed by atoms with E-state index in [-0.39, 0.29) is 36.5 Å². The minimum absolute atomic E-state index is 0.101. The fraction of sp³-hybridized carbons (Fsp3) is 0.324. The number of pyridine rings is 1. The highest BCUT2D eigenvalue weighted by atomic mass is 32.2. The second-order valence-corrected chi connectivity index (χ2v) is 15.2. The average molecular weight is 662 g/mol. The molecule has 244 valence electrons. The van der Waals surface area contributed by atoms with Crippen molar-refractivity contribution in [3.8, 4) is 0 Å². The molecule has 3 heterocycles. The van der Waals surface area contributed by atoms with E-state index in [1.807, 2.05) is 12.1 Å². The van der Waals surface area contributed by atoms with Gasteiger partial charge in [-0.15, -0.1) is 0 Å². The fourth-order valence-corrected chi connectivity index (χ4v) is 6.82. The molecule has 0 bridgehead atoms.